The van der Waals surface area contributed by atoms with Crippen LogP contribution in [0, 0.1) is 0 Å². The highest BCUT2D eigenvalue weighted by Crippen LogP contribution is 2.13. The van der Waals surface area contributed by atoms with Crippen LogP contribution in [-0.2, 0) is 4.74 Å². The second kappa shape index (κ2) is 6.74. The first-order chi connectivity index (χ1) is 7.31. The van der Waals surface area contributed by atoms with Crippen molar-refractivity contribution in [3.05, 3.63) is 0 Å². The van der Waals surface area contributed by atoms with Gasteiger partial charge in [0.2, 0.25) is 0 Å². The minimum absolute atomic E-state index is 0.0785. The Bertz CT molecular complexity index is 212. The molecule has 0 saturated carbocycles. The number of hydrogen-bond acceptors (Lipinski definition) is 3. The Kier molecular flexibility index (Phi) is 6.41. The molecule has 0 aromatic rings. The van der Waals surface area contributed by atoms with Gasteiger partial charge in [-0.2, -0.15) is 0 Å². The van der Waals surface area contributed by atoms with Gasteiger partial charge in [0, 0.05) is 19.6 Å². The van der Waals surface area contributed by atoms with Gasteiger partial charge in [-0.25, -0.2) is 4.79 Å². The van der Waals surface area contributed by atoms with E-state index in [-0.39, 0.29) is 12.1 Å². The molecule has 2 N–H and O–H groups in total. The van der Waals surface area contributed by atoms with Crippen molar-refractivity contribution < 1.29 is 9.53 Å². The third-order valence-corrected chi connectivity index (χ3v) is 2.39. The van der Waals surface area contributed by atoms with E-state index in [4.69, 9.17) is 10.5 Å². The molecular weight excluding hydrogens is 204 g/mol. The average molecular weight is 230 g/mol. The van der Waals surface area contributed by atoms with Gasteiger partial charge in [0.1, 0.15) is 5.60 Å². The van der Waals surface area contributed by atoms with Crippen molar-refractivity contribution in [3.8, 4) is 0 Å². The molecule has 0 radical (unpaired) electrons. The number of nitrogens with zero attached hydrogens (tertiary/aromatic N) is 1. The number of ether oxygens (including phenoxy) is 1. The summed E-state index contributed by atoms with van der Waals surface area (Å²) < 4.78 is 5.29. The zero-order chi connectivity index (χ0) is 12.8. The predicted octanol–water partition coefficient (Wildman–Crippen LogP) is 2.37. The topological polar surface area (TPSA) is 55.6 Å². The second-order valence-electron chi connectivity index (χ2n) is 5.12. The largest absolute Gasteiger partial charge is 0.444 e. The Labute approximate surface area is 99.1 Å². The average Bonchev–Trinajstić information content (AvgIpc) is 2.16. The molecule has 0 aliphatic carbocycles. The van der Waals surface area contributed by atoms with Crippen LogP contribution in [0.25, 0.3) is 0 Å². The number of nitrogens with two attached hydrogens (primary N) is 1. The quantitative estimate of drug-likeness (QED) is 0.789. The summed E-state index contributed by atoms with van der Waals surface area (Å²) in [7, 11) is 1.75. The fourth-order valence-corrected chi connectivity index (χ4v) is 1.39. The first kappa shape index (κ1) is 15.2. The molecule has 0 aliphatic rings. The molecule has 4 heteroatoms. The molecule has 0 fully saturated rings. The minimum atomic E-state index is -0.449. The predicted molar refractivity (Wildman–Crippen MR) is 66.4 cm³/mol. The first-order valence-electron chi connectivity index (χ1n) is 5.97. The summed E-state index contributed by atoms with van der Waals surface area (Å²) in [5, 5.41) is 0. The molecule has 0 aliphatic heterocycles. The van der Waals surface area contributed by atoms with Crippen LogP contribution in [0.1, 0.15) is 47.0 Å². The van der Waals surface area contributed by atoms with Gasteiger partial charge in [-0.1, -0.05) is 19.8 Å². The molecule has 1 amide bonds. The van der Waals surface area contributed by atoms with E-state index in [0.717, 1.165) is 19.3 Å². The van der Waals surface area contributed by atoms with E-state index in [1.54, 1.807) is 11.9 Å². The van der Waals surface area contributed by atoms with Crippen LogP contribution in [0.2, 0.25) is 0 Å². The Balaban J connectivity index is 4.27. The molecule has 0 bridgehead atoms. The SMILES string of the molecule is CCCCC(CN)N(C)C(=O)OC(C)(C)C. The third-order valence-electron chi connectivity index (χ3n) is 2.39. The molecular formula is C12H26N2O2. The molecule has 0 saturated heterocycles. The van der Waals surface area contributed by atoms with E-state index in [1.807, 2.05) is 20.8 Å². The number of amides is 1. The van der Waals surface area contributed by atoms with Gasteiger partial charge in [0.25, 0.3) is 0 Å². The van der Waals surface area contributed by atoms with Crippen LogP contribution in [-0.4, -0.2) is 36.2 Å². The monoisotopic (exact) mass is 230 g/mol. The summed E-state index contributed by atoms with van der Waals surface area (Å²) >= 11 is 0. The van der Waals surface area contributed by atoms with Gasteiger partial charge in [-0.3, -0.25) is 0 Å². The number of likely N-dealkylation sites (N-methyl/N-ethyl adjacent to an activating group) is 1. The van der Waals surface area contributed by atoms with E-state index in [1.165, 1.54) is 0 Å². The van der Waals surface area contributed by atoms with Gasteiger partial charge in [-0.05, 0) is 27.2 Å². The summed E-state index contributed by atoms with van der Waals surface area (Å²) in [6.07, 6.45) is 2.83. The number of unbranched alkanes of at least 4 members (excludes halogenated alkanes) is 1. The summed E-state index contributed by atoms with van der Waals surface area (Å²) in [4.78, 5) is 13.4. The Hall–Kier alpha value is -0.770. The van der Waals surface area contributed by atoms with E-state index in [9.17, 15) is 4.79 Å². The lowest BCUT2D eigenvalue weighted by atomic mass is 10.1. The summed E-state index contributed by atoms with van der Waals surface area (Å²) in [5.74, 6) is 0. The molecule has 0 aromatic heterocycles. The van der Waals surface area contributed by atoms with Gasteiger partial charge >= 0.3 is 6.09 Å². The van der Waals surface area contributed by atoms with Crippen LogP contribution in [0.4, 0.5) is 4.79 Å². The van der Waals surface area contributed by atoms with Crippen LogP contribution in [0.5, 0.6) is 0 Å². The highest BCUT2D eigenvalue weighted by atomic mass is 16.6. The molecule has 4 nitrogen and oxygen atoms in total. The number of carbonyl (C=O) groups is 1. The van der Waals surface area contributed by atoms with Gasteiger partial charge in [0.05, 0.1) is 0 Å². The number of rotatable bonds is 5. The molecule has 0 rings (SSSR count). The van der Waals surface area contributed by atoms with Crippen molar-refractivity contribution in [2.24, 2.45) is 5.73 Å². The Morgan fingerprint density at radius 3 is 2.38 bits per heavy atom. The number of carbonyl (C=O) groups excluding carboxylic acids is 1. The number of hydrogen-bond donors (Lipinski definition) is 1. The fourth-order valence-electron chi connectivity index (χ4n) is 1.39. The lowest BCUT2D eigenvalue weighted by Gasteiger charge is -2.30. The lowest BCUT2D eigenvalue weighted by molar-refractivity contribution is 0.0219. The van der Waals surface area contributed by atoms with Crippen LogP contribution in [0.15, 0.2) is 0 Å². The van der Waals surface area contributed by atoms with Crippen molar-refractivity contribution in [1.29, 1.82) is 0 Å². The van der Waals surface area contributed by atoms with Crippen LogP contribution < -0.4 is 5.73 Å². The van der Waals surface area contributed by atoms with Crippen molar-refractivity contribution in [3.63, 3.8) is 0 Å². The highest BCUT2D eigenvalue weighted by Gasteiger charge is 2.23. The second-order valence-corrected chi connectivity index (χ2v) is 5.12. The molecule has 1 unspecified atom stereocenters. The Morgan fingerprint density at radius 2 is 2.00 bits per heavy atom. The maximum absolute atomic E-state index is 11.8. The molecule has 0 spiro atoms. The fraction of sp³-hybridized carbons (Fsp3) is 0.917. The molecule has 96 valence electrons. The van der Waals surface area contributed by atoms with Gasteiger partial charge < -0.3 is 15.4 Å². The molecule has 1 atom stereocenters. The molecule has 16 heavy (non-hydrogen) atoms. The molecule has 0 aromatic carbocycles. The maximum atomic E-state index is 11.8. The van der Waals surface area contributed by atoms with E-state index < -0.39 is 5.60 Å². The van der Waals surface area contributed by atoms with E-state index in [2.05, 4.69) is 6.92 Å². The normalized spacial score (nSPS) is 13.4. The van der Waals surface area contributed by atoms with Gasteiger partial charge in [0.15, 0.2) is 0 Å². The van der Waals surface area contributed by atoms with Crippen molar-refractivity contribution in [2.45, 2.75) is 58.6 Å². The first-order valence-corrected chi connectivity index (χ1v) is 5.97. The van der Waals surface area contributed by atoms with Crippen LogP contribution >= 0.6 is 0 Å². The van der Waals surface area contributed by atoms with Crippen LogP contribution in [0.3, 0.4) is 0 Å². The third kappa shape index (κ3) is 5.95. The summed E-state index contributed by atoms with van der Waals surface area (Å²) in [6, 6.07) is 0.0785. The molecule has 0 heterocycles. The van der Waals surface area contributed by atoms with E-state index in [0.29, 0.717) is 6.54 Å². The van der Waals surface area contributed by atoms with Crippen molar-refractivity contribution in [1.82, 2.24) is 4.90 Å². The lowest BCUT2D eigenvalue weighted by Crippen LogP contribution is -2.44. The standard InChI is InChI=1S/C12H26N2O2/c1-6-7-8-10(9-13)14(5)11(15)16-12(2,3)4/h10H,6-9,13H2,1-5H3. The van der Waals surface area contributed by atoms with Crippen molar-refractivity contribution >= 4 is 6.09 Å². The highest BCUT2D eigenvalue weighted by molar-refractivity contribution is 5.68. The summed E-state index contributed by atoms with van der Waals surface area (Å²) in [6.45, 7) is 8.20. The van der Waals surface area contributed by atoms with E-state index >= 15 is 0 Å². The van der Waals surface area contributed by atoms with Crippen molar-refractivity contribution in [2.75, 3.05) is 13.6 Å². The Morgan fingerprint density at radius 1 is 1.44 bits per heavy atom. The zero-order valence-electron chi connectivity index (χ0n) is 11.2. The summed E-state index contributed by atoms with van der Waals surface area (Å²) in [5.41, 5.74) is 5.22. The smallest absolute Gasteiger partial charge is 0.410 e. The maximum Gasteiger partial charge on any atom is 0.410 e. The minimum Gasteiger partial charge on any atom is -0.444 e. The zero-order valence-corrected chi connectivity index (χ0v) is 11.2. The van der Waals surface area contributed by atoms with Gasteiger partial charge in [-0.15, -0.1) is 0 Å².